The number of anilines is 2. The predicted octanol–water partition coefficient (Wildman–Crippen LogP) is 6.44. The topological polar surface area (TPSA) is 168 Å². The number of carbonyl (C=O) groups excluding carboxylic acids is 4. The summed E-state index contributed by atoms with van der Waals surface area (Å²) >= 11 is 0. The lowest BCUT2D eigenvalue weighted by molar-refractivity contribution is -0.136. The zero-order valence-corrected chi connectivity index (χ0v) is 37.2. The summed E-state index contributed by atoms with van der Waals surface area (Å²) in [7, 11) is -4.39. The molecule has 350 valence electrons. The van der Waals surface area contributed by atoms with Crippen molar-refractivity contribution < 1.29 is 45.2 Å². The monoisotopic (exact) mass is 940 g/mol. The number of benzene rings is 3. The highest BCUT2D eigenvalue weighted by atomic mass is 32.2. The molecular formula is C48H48F4N8O6S. The van der Waals surface area contributed by atoms with Gasteiger partial charge in [0.1, 0.15) is 29.5 Å². The van der Waals surface area contributed by atoms with Gasteiger partial charge in [0.25, 0.3) is 5.91 Å². The van der Waals surface area contributed by atoms with Crippen LogP contribution in [0.15, 0.2) is 67.0 Å². The number of likely N-dealkylation sites (tertiary alicyclic amines) is 1. The number of nitrogens with one attached hydrogen (secondary N) is 3. The first-order chi connectivity index (χ1) is 32.2. The summed E-state index contributed by atoms with van der Waals surface area (Å²) in [4.78, 5) is 64.4. The number of rotatable bonds is 11. The standard InChI is InChI=1S/C48H48F4N8O6S/c49-33-13-18-59(26-33)67(65,66)56-39-5-4-37(50)43(44(39)52)45(62)36-23-54-46-35(36)20-31(22-53-46)30-2-6-40(38(51)21-30)58-16-9-27(10-17-58)24-57-14-11-28(12-15-57)29-1-3-34-32(19-29)25-60(48(34)64)41-7-8-42(61)55-47(41)63/h1-6,19-23,27-28,33,41,56H,7-18,24-26H2,(H,53,54)(H,55,61,63)/t33-,41?/m1/s1. The van der Waals surface area contributed by atoms with E-state index in [1.54, 1.807) is 23.1 Å². The molecule has 10 rings (SSSR count). The van der Waals surface area contributed by atoms with E-state index in [1.165, 1.54) is 24.0 Å². The van der Waals surface area contributed by atoms with E-state index in [1.807, 2.05) is 21.8 Å². The van der Waals surface area contributed by atoms with Gasteiger partial charge in [-0.2, -0.15) is 12.7 Å². The fourth-order valence-corrected chi connectivity index (χ4v) is 11.7. The molecule has 2 atom stereocenters. The summed E-state index contributed by atoms with van der Waals surface area (Å²) in [6.07, 6.45) is 5.71. The maximum atomic E-state index is 15.9. The first kappa shape index (κ1) is 44.6. The summed E-state index contributed by atoms with van der Waals surface area (Å²) in [6, 6.07) is 13.5. The molecule has 3 aromatic carbocycles. The zero-order chi connectivity index (χ0) is 46.7. The van der Waals surface area contributed by atoms with Gasteiger partial charge in [0.15, 0.2) is 5.82 Å². The molecule has 0 aliphatic carbocycles. The third-order valence-electron chi connectivity index (χ3n) is 14.1. The highest BCUT2D eigenvalue weighted by Gasteiger charge is 2.40. The average molecular weight is 941 g/mol. The summed E-state index contributed by atoms with van der Waals surface area (Å²) in [6.45, 7) is 4.08. The second kappa shape index (κ2) is 17.8. The Morgan fingerprint density at radius 1 is 0.851 bits per heavy atom. The first-order valence-corrected chi connectivity index (χ1v) is 24.1. The number of H-pyrrole nitrogens is 1. The van der Waals surface area contributed by atoms with Crippen LogP contribution in [0.3, 0.4) is 0 Å². The molecular weight excluding hydrogens is 893 g/mol. The molecule has 5 aromatic rings. The normalized spacial score (nSPS) is 21.3. The summed E-state index contributed by atoms with van der Waals surface area (Å²) in [5, 5.41) is 2.57. The third kappa shape index (κ3) is 8.68. The van der Waals surface area contributed by atoms with E-state index in [-0.39, 0.29) is 47.8 Å². The van der Waals surface area contributed by atoms with Gasteiger partial charge < -0.3 is 19.7 Å². The minimum atomic E-state index is -4.39. The van der Waals surface area contributed by atoms with Crippen molar-refractivity contribution in [1.29, 1.82) is 0 Å². The molecule has 67 heavy (non-hydrogen) atoms. The number of aromatic amines is 1. The van der Waals surface area contributed by atoms with Crippen molar-refractivity contribution in [1.82, 2.24) is 29.4 Å². The van der Waals surface area contributed by atoms with Crippen molar-refractivity contribution in [3.63, 3.8) is 0 Å². The number of halogens is 4. The predicted molar refractivity (Wildman–Crippen MR) is 241 cm³/mol. The molecule has 0 saturated carbocycles. The number of alkyl halides is 1. The Balaban J connectivity index is 0.743. The largest absolute Gasteiger partial charge is 0.369 e. The Labute approximate surface area is 383 Å². The van der Waals surface area contributed by atoms with Crippen molar-refractivity contribution >= 4 is 56.1 Å². The molecule has 0 bridgehead atoms. The number of hydrogen-bond acceptors (Lipinski definition) is 9. The number of carbonyl (C=O) groups is 4. The number of fused-ring (bicyclic) bond motifs is 2. The van der Waals surface area contributed by atoms with Crippen LogP contribution < -0.4 is 14.9 Å². The molecule has 5 aliphatic heterocycles. The van der Waals surface area contributed by atoms with Crippen molar-refractivity contribution in [3.8, 4) is 11.1 Å². The van der Waals surface area contributed by atoms with Crippen LogP contribution in [0, 0.1) is 23.4 Å². The van der Waals surface area contributed by atoms with Crippen molar-refractivity contribution in [3.05, 3.63) is 112 Å². The number of pyridine rings is 1. The second-order valence-corrected chi connectivity index (χ2v) is 19.9. The fraction of sp³-hybridized carbons (Fsp3) is 0.396. The lowest BCUT2D eigenvalue weighted by Crippen LogP contribution is -2.52. The highest BCUT2D eigenvalue weighted by molar-refractivity contribution is 7.90. The Bertz CT molecular complexity index is 2930. The van der Waals surface area contributed by atoms with Crippen molar-refractivity contribution in [2.45, 2.75) is 69.6 Å². The summed E-state index contributed by atoms with van der Waals surface area (Å²) in [5.74, 6) is -4.20. The smallest absolute Gasteiger partial charge is 0.301 e. The molecule has 4 fully saturated rings. The van der Waals surface area contributed by atoms with Crippen LogP contribution in [0.25, 0.3) is 22.2 Å². The van der Waals surface area contributed by atoms with Gasteiger partial charge in [-0.05, 0) is 117 Å². The van der Waals surface area contributed by atoms with Crippen molar-refractivity contribution in [2.24, 2.45) is 5.92 Å². The van der Waals surface area contributed by atoms with E-state index in [9.17, 15) is 32.0 Å². The number of hydrogen-bond donors (Lipinski definition) is 3. The van der Waals surface area contributed by atoms with Crippen molar-refractivity contribution in [2.75, 3.05) is 55.4 Å². The van der Waals surface area contributed by atoms with Crippen LogP contribution >= 0.6 is 0 Å². The van der Waals surface area contributed by atoms with Gasteiger partial charge in [-0.3, -0.25) is 29.2 Å². The van der Waals surface area contributed by atoms with Crippen LogP contribution in [0.1, 0.15) is 88.3 Å². The quantitative estimate of drug-likeness (QED) is 0.0768. The highest BCUT2D eigenvalue weighted by Crippen LogP contribution is 2.36. The van der Waals surface area contributed by atoms with Gasteiger partial charge in [0.2, 0.25) is 17.6 Å². The van der Waals surface area contributed by atoms with E-state index >= 15 is 13.2 Å². The molecule has 3 amide bonds. The van der Waals surface area contributed by atoms with E-state index in [2.05, 4.69) is 26.3 Å². The van der Waals surface area contributed by atoms with Crippen LogP contribution in [0.4, 0.5) is 28.9 Å². The van der Waals surface area contributed by atoms with E-state index in [4.69, 9.17) is 0 Å². The molecule has 5 aliphatic rings. The number of piperidine rings is 3. The van der Waals surface area contributed by atoms with E-state index < -0.39 is 69.4 Å². The molecule has 3 N–H and O–H groups in total. The molecule has 1 unspecified atom stereocenters. The Kier molecular flexibility index (Phi) is 11.9. The van der Waals surface area contributed by atoms with Crippen LogP contribution in [-0.4, -0.2) is 114 Å². The first-order valence-electron chi connectivity index (χ1n) is 22.7. The molecule has 4 saturated heterocycles. The number of amides is 3. The van der Waals surface area contributed by atoms with Gasteiger partial charge in [-0.1, -0.05) is 18.2 Å². The number of nitrogens with zero attached hydrogens (tertiary/aromatic N) is 5. The molecule has 0 radical (unpaired) electrons. The van der Waals surface area contributed by atoms with Crippen LogP contribution in [-0.2, 0) is 26.3 Å². The molecule has 19 heteroatoms. The minimum absolute atomic E-state index is 0.0165. The van der Waals surface area contributed by atoms with Gasteiger partial charge in [-0.15, -0.1) is 0 Å². The minimum Gasteiger partial charge on any atom is -0.369 e. The van der Waals surface area contributed by atoms with Crippen LogP contribution in [0.2, 0.25) is 0 Å². The van der Waals surface area contributed by atoms with E-state index in [0.717, 1.165) is 67.3 Å². The maximum absolute atomic E-state index is 15.9. The number of imide groups is 1. The molecule has 0 spiro atoms. The zero-order valence-electron chi connectivity index (χ0n) is 36.4. The lowest BCUT2D eigenvalue weighted by Gasteiger charge is -2.38. The van der Waals surface area contributed by atoms with Gasteiger partial charge >= 0.3 is 10.2 Å². The molecule has 7 heterocycles. The Hall–Kier alpha value is -6.18. The van der Waals surface area contributed by atoms with Gasteiger partial charge in [0, 0.05) is 80.2 Å². The number of ketones is 1. The SMILES string of the molecule is O=C1CCC(N2Cc3cc(C4CCN(CC5CCN(c6ccc(-c7cnc8[nH]cc(C(=O)c9c(F)ccc(NS(=O)(=O)N%10CC[C@@H](F)C%10)c9F)c8c7)cc6F)CC5)CC4)ccc3C2=O)C(=O)N1. The fourth-order valence-electron chi connectivity index (χ4n) is 10.4. The van der Waals surface area contributed by atoms with Gasteiger partial charge in [0.05, 0.1) is 16.9 Å². The Morgan fingerprint density at radius 3 is 2.37 bits per heavy atom. The van der Waals surface area contributed by atoms with Crippen LogP contribution in [0.5, 0.6) is 0 Å². The lowest BCUT2D eigenvalue weighted by atomic mass is 9.87. The van der Waals surface area contributed by atoms with E-state index in [0.29, 0.717) is 60.3 Å². The maximum Gasteiger partial charge on any atom is 0.301 e. The summed E-state index contributed by atoms with van der Waals surface area (Å²) < 4.78 is 89.0. The number of aromatic nitrogens is 2. The van der Waals surface area contributed by atoms with Gasteiger partial charge in [-0.25, -0.2) is 22.5 Å². The summed E-state index contributed by atoms with van der Waals surface area (Å²) in [5.41, 5.74) is 2.60. The molecule has 14 nitrogen and oxygen atoms in total. The molecule has 2 aromatic heterocycles. The third-order valence-corrected chi connectivity index (χ3v) is 15.6. The second-order valence-electron chi connectivity index (χ2n) is 18.3. The Morgan fingerprint density at radius 2 is 1.64 bits per heavy atom. The average Bonchev–Trinajstić information content (AvgIpc) is 4.04.